The molecule has 2 aromatic rings. The molecule has 0 aromatic carbocycles. The van der Waals surface area contributed by atoms with Crippen LogP contribution in [0, 0.1) is 0 Å². The van der Waals surface area contributed by atoms with E-state index in [0.717, 1.165) is 12.2 Å². The third-order valence-electron chi connectivity index (χ3n) is 3.26. The first-order valence-corrected chi connectivity index (χ1v) is 7.13. The largest absolute Gasteiger partial charge is 0.477 e. The summed E-state index contributed by atoms with van der Waals surface area (Å²) in [6.45, 7) is 2.23. The molecule has 0 aliphatic rings. The number of aromatic nitrogens is 1. The number of furan rings is 1. The third-order valence-corrected chi connectivity index (χ3v) is 3.26. The Balaban J connectivity index is 2.12. The van der Waals surface area contributed by atoms with Gasteiger partial charge < -0.3 is 19.6 Å². The van der Waals surface area contributed by atoms with E-state index in [2.05, 4.69) is 10.3 Å². The number of pyridine rings is 1. The highest BCUT2D eigenvalue weighted by Crippen LogP contribution is 2.18. The van der Waals surface area contributed by atoms with Gasteiger partial charge in [-0.2, -0.15) is 0 Å². The highest BCUT2D eigenvalue weighted by atomic mass is 16.5. The first-order chi connectivity index (χ1) is 11.0. The van der Waals surface area contributed by atoms with Crippen LogP contribution in [0.5, 0.6) is 0 Å². The molecule has 23 heavy (non-hydrogen) atoms. The van der Waals surface area contributed by atoms with E-state index in [1.807, 2.05) is 13.0 Å². The summed E-state index contributed by atoms with van der Waals surface area (Å²) in [5.74, 6) is -0.0992. The van der Waals surface area contributed by atoms with Gasteiger partial charge in [-0.1, -0.05) is 6.92 Å². The summed E-state index contributed by atoms with van der Waals surface area (Å²) in [5.41, 5.74) is 0.145. The first kappa shape index (κ1) is 16.7. The van der Waals surface area contributed by atoms with E-state index in [-0.39, 0.29) is 23.8 Å². The number of aryl methyl sites for hydroxylation is 1. The smallest absolute Gasteiger partial charge is 0.354 e. The zero-order chi connectivity index (χ0) is 16.8. The molecular formula is C16H18N2O5. The number of carbonyl (C=O) groups excluding carboxylic acids is 1. The summed E-state index contributed by atoms with van der Waals surface area (Å²) in [4.78, 5) is 26.8. The van der Waals surface area contributed by atoms with Gasteiger partial charge in [-0.05, 0) is 24.3 Å². The molecular weight excluding hydrogens is 300 g/mol. The molecule has 7 nitrogen and oxygen atoms in total. The number of nitrogens with one attached hydrogen (secondary N) is 1. The van der Waals surface area contributed by atoms with Crippen LogP contribution in [0.3, 0.4) is 0 Å². The van der Waals surface area contributed by atoms with E-state index in [0.29, 0.717) is 5.76 Å². The van der Waals surface area contributed by atoms with E-state index < -0.39 is 12.0 Å². The maximum Gasteiger partial charge on any atom is 0.354 e. The van der Waals surface area contributed by atoms with Gasteiger partial charge >= 0.3 is 5.97 Å². The molecule has 0 aliphatic carbocycles. The van der Waals surface area contributed by atoms with Crippen molar-refractivity contribution < 1.29 is 23.8 Å². The lowest BCUT2D eigenvalue weighted by Crippen LogP contribution is -2.31. The molecule has 0 bridgehead atoms. The van der Waals surface area contributed by atoms with Gasteiger partial charge in [-0.25, -0.2) is 9.78 Å². The van der Waals surface area contributed by atoms with Crippen molar-refractivity contribution in [2.75, 3.05) is 13.7 Å². The SMILES string of the molecule is CCc1ccc(C(COC)NC(=O)c2ccc(C(=O)O)nc2)o1. The normalized spacial score (nSPS) is 11.9. The summed E-state index contributed by atoms with van der Waals surface area (Å²) < 4.78 is 10.8. The van der Waals surface area contributed by atoms with Gasteiger partial charge in [-0.15, -0.1) is 0 Å². The van der Waals surface area contributed by atoms with Gasteiger partial charge in [0.25, 0.3) is 5.91 Å². The Morgan fingerprint density at radius 2 is 2.13 bits per heavy atom. The average molecular weight is 318 g/mol. The van der Waals surface area contributed by atoms with Crippen molar-refractivity contribution in [2.45, 2.75) is 19.4 Å². The molecule has 2 rings (SSSR count). The number of carbonyl (C=O) groups is 2. The lowest BCUT2D eigenvalue weighted by atomic mass is 10.2. The van der Waals surface area contributed by atoms with Crippen LogP contribution in [0.2, 0.25) is 0 Å². The minimum atomic E-state index is -1.14. The van der Waals surface area contributed by atoms with Crippen molar-refractivity contribution in [3.8, 4) is 0 Å². The minimum Gasteiger partial charge on any atom is -0.477 e. The fourth-order valence-electron chi connectivity index (χ4n) is 2.03. The van der Waals surface area contributed by atoms with Crippen LogP contribution in [-0.2, 0) is 11.2 Å². The standard InChI is InChI=1S/C16H18N2O5/c1-3-11-5-7-14(23-11)13(9-22-2)18-15(19)10-4-6-12(16(20)21)17-8-10/h4-8,13H,3,9H2,1-2H3,(H,18,19)(H,20,21). The Kier molecular flexibility index (Phi) is 5.48. The highest BCUT2D eigenvalue weighted by Gasteiger charge is 2.19. The molecule has 122 valence electrons. The maximum atomic E-state index is 12.3. The Morgan fingerprint density at radius 1 is 1.35 bits per heavy atom. The molecule has 1 atom stereocenters. The summed E-state index contributed by atoms with van der Waals surface area (Å²) >= 11 is 0. The summed E-state index contributed by atoms with van der Waals surface area (Å²) in [6.07, 6.45) is 1.98. The number of carboxylic acid groups (broad SMARTS) is 1. The average Bonchev–Trinajstić information content (AvgIpc) is 3.03. The van der Waals surface area contributed by atoms with E-state index in [9.17, 15) is 9.59 Å². The predicted molar refractivity (Wildman–Crippen MR) is 81.4 cm³/mol. The lowest BCUT2D eigenvalue weighted by molar-refractivity contribution is 0.0689. The number of hydrogen-bond donors (Lipinski definition) is 2. The zero-order valence-electron chi connectivity index (χ0n) is 12.9. The molecule has 0 saturated heterocycles. The van der Waals surface area contributed by atoms with E-state index in [1.54, 1.807) is 6.07 Å². The second-order valence-corrected chi connectivity index (χ2v) is 4.88. The van der Waals surface area contributed by atoms with Crippen molar-refractivity contribution in [3.63, 3.8) is 0 Å². The van der Waals surface area contributed by atoms with Gasteiger partial charge in [0, 0.05) is 19.7 Å². The molecule has 1 unspecified atom stereocenters. The quantitative estimate of drug-likeness (QED) is 0.810. The van der Waals surface area contributed by atoms with Crippen molar-refractivity contribution in [1.82, 2.24) is 10.3 Å². The molecule has 0 aliphatic heterocycles. The summed E-state index contributed by atoms with van der Waals surface area (Å²) in [5, 5.41) is 11.6. The molecule has 1 amide bonds. The molecule has 0 saturated carbocycles. The van der Waals surface area contributed by atoms with Gasteiger partial charge in [0.2, 0.25) is 0 Å². The molecule has 2 heterocycles. The summed E-state index contributed by atoms with van der Waals surface area (Å²) in [7, 11) is 1.53. The van der Waals surface area contributed by atoms with Crippen LogP contribution in [-0.4, -0.2) is 35.7 Å². The van der Waals surface area contributed by atoms with E-state index in [1.165, 1.54) is 25.4 Å². The Morgan fingerprint density at radius 3 is 2.65 bits per heavy atom. The number of methoxy groups -OCH3 is 1. The molecule has 7 heteroatoms. The molecule has 2 aromatic heterocycles. The van der Waals surface area contributed by atoms with Crippen LogP contribution in [0.4, 0.5) is 0 Å². The zero-order valence-corrected chi connectivity index (χ0v) is 12.9. The topological polar surface area (TPSA) is 102 Å². The fourth-order valence-corrected chi connectivity index (χ4v) is 2.03. The molecule has 2 N–H and O–H groups in total. The van der Waals surface area contributed by atoms with E-state index >= 15 is 0 Å². The van der Waals surface area contributed by atoms with Gasteiger partial charge in [0.15, 0.2) is 0 Å². The van der Waals surface area contributed by atoms with Crippen molar-refractivity contribution in [3.05, 3.63) is 53.2 Å². The molecule has 0 spiro atoms. The monoisotopic (exact) mass is 318 g/mol. The second kappa shape index (κ2) is 7.55. The van der Waals surface area contributed by atoms with Crippen molar-refractivity contribution in [1.29, 1.82) is 0 Å². The van der Waals surface area contributed by atoms with Crippen LogP contribution >= 0.6 is 0 Å². The number of rotatable bonds is 7. The third kappa shape index (κ3) is 4.17. The van der Waals surface area contributed by atoms with Crippen molar-refractivity contribution in [2.24, 2.45) is 0 Å². The minimum absolute atomic E-state index is 0.117. The Labute approximate surface area is 133 Å². The van der Waals surface area contributed by atoms with Crippen LogP contribution < -0.4 is 5.32 Å². The van der Waals surface area contributed by atoms with Crippen molar-refractivity contribution >= 4 is 11.9 Å². The predicted octanol–water partition coefficient (Wildman–Crippen LogP) is 2.05. The number of ether oxygens (including phenoxy) is 1. The second-order valence-electron chi connectivity index (χ2n) is 4.88. The van der Waals surface area contributed by atoms with Gasteiger partial charge in [0.1, 0.15) is 23.3 Å². The van der Waals surface area contributed by atoms with E-state index in [4.69, 9.17) is 14.3 Å². The highest BCUT2D eigenvalue weighted by molar-refractivity contribution is 5.95. The fraction of sp³-hybridized carbons (Fsp3) is 0.312. The molecule has 0 fully saturated rings. The number of aromatic carboxylic acids is 1. The number of nitrogens with zero attached hydrogens (tertiary/aromatic N) is 1. The molecule has 0 radical (unpaired) electrons. The first-order valence-electron chi connectivity index (χ1n) is 7.13. The Hall–Kier alpha value is -2.67. The Bertz CT molecular complexity index is 678. The number of hydrogen-bond acceptors (Lipinski definition) is 5. The summed E-state index contributed by atoms with van der Waals surface area (Å²) in [6, 6.07) is 5.91. The van der Waals surface area contributed by atoms with Gasteiger partial charge in [-0.3, -0.25) is 4.79 Å². The van der Waals surface area contributed by atoms with Crippen LogP contribution in [0.15, 0.2) is 34.9 Å². The number of carboxylic acids is 1. The van der Waals surface area contributed by atoms with Gasteiger partial charge in [0.05, 0.1) is 12.2 Å². The number of amides is 1. The van der Waals surface area contributed by atoms with Crippen LogP contribution in [0.1, 0.15) is 45.3 Å². The maximum absolute atomic E-state index is 12.3. The van der Waals surface area contributed by atoms with Crippen LogP contribution in [0.25, 0.3) is 0 Å². The lowest BCUT2D eigenvalue weighted by Gasteiger charge is -2.15.